The molecule has 2 rings (SSSR count). The molecule has 0 aliphatic carbocycles. The van der Waals surface area contributed by atoms with Gasteiger partial charge in [0.05, 0.1) is 0 Å². The van der Waals surface area contributed by atoms with Gasteiger partial charge in [0, 0.05) is 37.2 Å². The summed E-state index contributed by atoms with van der Waals surface area (Å²) in [5.74, 6) is 0. The van der Waals surface area contributed by atoms with Gasteiger partial charge >= 0.3 is 0 Å². The Hall–Kier alpha value is -0.800. The van der Waals surface area contributed by atoms with E-state index in [1.54, 1.807) is 0 Å². The fourth-order valence-corrected chi connectivity index (χ4v) is 2.56. The van der Waals surface area contributed by atoms with Gasteiger partial charge in [-0.2, -0.15) is 0 Å². The Morgan fingerprint density at radius 3 is 2.60 bits per heavy atom. The normalized spacial score (nSPS) is 18.3. The van der Waals surface area contributed by atoms with Gasteiger partial charge < -0.3 is 15.0 Å². The fraction of sp³-hybridized carbons (Fsp3) is 0.667. The van der Waals surface area contributed by atoms with Crippen molar-refractivity contribution in [2.75, 3.05) is 13.2 Å². The van der Waals surface area contributed by atoms with Crippen molar-refractivity contribution in [3.63, 3.8) is 0 Å². The maximum atomic E-state index is 5.72. The van der Waals surface area contributed by atoms with Crippen LogP contribution in [-0.2, 0) is 11.3 Å². The van der Waals surface area contributed by atoms with Crippen molar-refractivity contribution in [1.29, 1.82) is 0 Å². The first-order valence-electron chi connectivity index (χ1n) is 5.69. The highest BCUT2D eigenvalue weighted by atomic mass is 16.5. The molecule has 1 fully saturated rings. The molecule has 1 aromatic rings. The first kappa shape index (κ1) is 10.7. The summed E-state index contributed by atoms with van der Waals surface area (Å²) in [7, 11) is 0. The van der Waals surface area contributed by atoms with E-state index in [-0.39, 0.29) is 0 Å². The van der Waals surface area contributed by atoms with Crippen molar-refractivity contribution in [3.05, 3.63) is 23.0 Å². The molecule has 1 aliphatic rings. The Balaban J connectivity index is 2.29. The molecular weight excluding hydrogens is 188 g/mol. The lowest BCUT2D eigenvalue weighted by Gasteiger charge is -2.26. The molecule has 0 amide bonds. The Morgan fingerprint density at radius 2 is 2.07 bits per heavy atom. The van der Waals surface area contributed by atoms with Gasteiger partial charge in [0.15, 0.2) is 0 Å². The van der Waals surface area contributed by atoms with Gasteiger partial charge in [-0.3, -0.25) is 0 Å². The van der Waals surface area contributed by atoms with E-state index in [1.807, 2.05) is 0 Å². The standard InChI is InChI=1S/C12H20N2O/c1-9-7-11(8-13)10(2)14(9)12-3-5-15-6-4-12/h7,12H,3-6,8,13H2,1-2H3. The number of ether oxygens (including phenoxy) is 1. The van der Waals surface area contributed by atoms with Crippen LogP contribution in [0.5, 0.6) is 0 Å². The molecule has 1 saturated heterocycles. The molecule has 1 aromatic heterocycles. The third-order valence-corrected chi connectivity index (χ3v) is 3.37. The van der Waals surface area contributed by atoms with Crippen LogP contribution in [0.4, 0.5) is 0 Å². The summed E-state index contributed by atoms with van der Waals surface area (Å²) in [5, 5.41) is 0. The highest BCUT2D eigenvalue weighted by Crippen LogP contribution is 2.27. The quantitative estimate of drug-likeness (QED) is 0.806. The van der Waals surface area contributed by atoms with Crippen molar-refractivity contribution in [2.45, 2.75) is 39.3 Å². The van der Waals surface area contributed by atoms with Crippen molar-refractivity contribution in [1.82, 2.24) is 4.57 Å². The topological polar surface area (TPSA) is 40.2 Å². The lowest BCUT2D eigenvalue weighted by Crippen LogP contribution is -2.21. The van der Waals surface area contributed by atoms with Crippen LogP contribution in [0.2, 0.25) is 0 Å². The van der Waals surface area contributed by atoms with Gasteiger partial charge in [0.25, 0.3) is 0 Å². The van der Waals surface area contributed by atoms with Gasteiger partial charge in [-0.15, -0.1) is 0 Å². The second-order valence-corrected chi connectivity index (χ2v) is 4.31. The molecule has 0 aromatic carbocycles. The summed E-state index contributed by atoms with van der Waals surface area (Å²) < 4.78 is 7.83. The van der Waals surface area contributed by atoms with Crippen LogP contribution in [0.15, 0.2) is 6.07 Å². The average Bonchev–Trinajstić information content (AvgIpc) is 2.55. The van der Waals surface area contributed by atoms with Crippen molar-refractivity contribution in [3.8, 4) is 0 Å². The van der Waals surface area contributed by atoms with Gasteiger partial charge in [0.2, 0.25) is 0 Å². The summed E-state index contributed by atoms with van der Waals surface area (Å²) in [6, 6.07) is 2.82. The fourth-order valence-electron chi connectivity index (χ4n) is 2.56. The van der Waals surface area contributed by atoms with Crippen molar-refractivity contribution < 1.29 is 4.74 Å². The number of nitrogens with zero attached hydrogens (tertiary/aromatic N) is 1. The van der Waals surface area contributed by atoms with Gasteiger partial charge in [-0.25, -0.2) is 0 Å². The predicted octanol–water partition coefficient (Wildman–Crippen LogP) is 1.92. The largest absolute Gasteiger partial charge is 0.381 e. The molecule has 2 N–H and O–H groups in total. The van der Waals surface area contributed by atoms with E-state index < -0.39 is 0 Å². The molecule has 1 aliphatic heterocycles. The van der Waals surface area contributed by atoms with E-state index in [9.17, 15) is 0 Å². The first-order chi connectivity index (χ1) is 7.24. The predicted molar refractivity (Wildman–Crippen MR) is 60.9 cm³/mol. The number of nitrogens with two attached hydrogens (primary N) is 1. The first-order valence-corrected chi connectivity index (χ1v) is 5.69. The van der Waals surface area contributed by atoms with Crippen LogP contribution >= 0.6 is 0 Å². The van der Waals surface area contributed by atoms with Gasteiger partial charge in [0.1, 0.15) is 0 Å². The molecule has 3 nitrogen and oxygen atoms in total. The highest BCUT2D eigenvalue weighted by molar-refractivity contribution is 5.27. The maximum Gasteiger partial charge on any atom is 0.0485 e. The summed E-state index contributed by atoms with van der Waals surface area (Å²) in [5.41, 5.74) is 9.67. The molecule has 2 heterocycles. The molecular formula is C12H20N2O. The zero-order chi connectivity index (χ0) is 10.8. The molecule has 0 radical (unpaired) electrons. The van der Waals surface area contributed by atoms with Gasteiger partial charge in [-0.05, 0) is 38.3 Å². The molecule has 0 saturated carbocycles. The van der Waals surface area contributed by atoms with Crippen molar-refractivity contribution >= 4 is 0 Å². The minimum Gasteiger partial charge on any atom is -0.381 e. The molecule has 0 unspecified atom stereocenters. The third-order valence-electron chi connectivity index (χ3n) is 3.37. The second-order valence-electron chi connectivity index (χ2n) is 4.31. The lowest BCUT2D eigenvalue weighted by molar-refractivity contribution is 0.0687. The Kier molecular flexibility index (Phi) is 3.12. The molecule has 15 heavy (non-hydrogen) atoms. The van der Waals surface area contributed by atoms with Crippen LogP contribution in [0.25, 0.3) is 0 Å². The van der Waals surface area contributed by atoms with Gasteiger partial charge in [-0.1, -0.05) is 0 Å². The number of hydrogen-bond donors (Lipinski definition) is 1. The summed E-state index contributed by atoms with van der Waals surface area (Å²) in [4.78, 5) is 0. The van der Waals surface area contributed by atoms with E-state index in [0.29, 0.717) is 12.6 Å². The zero-order valence-electron chi connectivity index (χ0n) is 9.62. The lowest BCUT2D eigenvalue weighted by atomic mass is 10.1. The summed E-state index contributed by atoms with van der Waals surface area (Å²) in [6.07, 6.45) is 2.25. The molecule has 0 spiro atoms. The summed E-state index contributed by atoms with van der Waals surface area (Å²) >= 11 is 0. The molecule has 3 heteroatoms. The van der Waals surface area contributed by atoms with Crippen LogP contribution in [-0.4, -0.2) is 17.8 Å². The highest BCUT2D eigenvalue weighted by Gasteiger charge is 2.19. The van der Waals surface area contributed by atoms with E-state index in [4.69, 9.17) is 10.5 Å². The molecule has 84 valence electrons. The minimum atomic E-state index is 0.610. The maximum absolute atomic E-state index is 5.72. The zero-order valence-corrected chi connectivity index (χ0v) is 9.62. The number of aromatic nitrogens is 1. The average molecular weight is 208 g/mol. The van der Waals surface area contributed by atoms with Crippen molar-refractivity contribution in [2.24, 2.45) is 5.73 Å². The van der Waals surface area contributed by atoms with E-state index >= 15 is 0 Å². The molecule has 0 atom stereocenters. The SMILES string of the molecule is Cc1cc(CN)c(C)n1C1CCOCC1. The van der Waals surface area contributed by atoms with E-state index in [0.717, 1.165) is 26.1 Å². The smallest absolute Gasteiger partial charge is 0.0485 e. The number of hydrogen-bond acceptors (Lipinski definition) is 2. The number of rotatable bonds is 2. The van der Waals surface area contributed by atoms with E-state index in [1.165, 1.54) is 17.0 Å². The van der Waals surface area contributed by atoms with Crippen LogP contribution in [0.1, 0.15) is 35.8 Å². The second kappa shape index (κ2) is 4.37. The van der Waals surface area contributed by atoms with Crippen LogP contribution < -0.4 is 5.73 Å². The minimum absolute atomic E-state index is 0.610. The van der Waals surface area contributed by atoms with Crippen LogP contribution in [0.3, 0.4) is 0 Å². The Morgan fingerprint density at radius 1 is 1.40 bits per heavy atom. The molecule has 0 bridgehead atoms. The third kappa shape index (κ3) is 1.94. The number of aryl methyl sites for hydroxylation is 1. The Labute approximate surface area is 91.2 Å². The Bertz CT molecular complexity index is 338. The summed E-state index contributed by atoms with van der Waals surface area (Å²) in [6.45, 7) is 6.76. The monoisotopic (exact) mass is 208 g/mol. The van der Waals surface area contributed by atoms with E-state index in [2.05, 4.69) is 24.5 Å². The van der Waals surface area contributed by atoms with Crippen LogP contribution in [0, 0.1) is 13.8 Å².